The lowest BCUT2D eigenvalue weighted by Crippen LogP contribution is -2.55. The molecule has 0 bridgehead atoms. The molecule has 0 radical (unpaired) electrons. The third-order valence-corrected chi connectivity index (χ3v) is 4.13. The van der Waals surface area contributed by atoms with E-state index in [9.17, 15) is 0 Å². The van der Waals surface area contributed by atoms with E-state index in [2.05, 4.69) is 48.5 Å². The molecule has 1 saturated heterocycles. The van der Waals surface area contributed by atoms with Gasteiger partial charge in [0.15, 0.2) is 5.11 Å². The number of nitrogens with zero attached hydrogens (tertiary/aromatic N) is 1. The van der Waals surface area contributed by atoms with Crippen LogP contribution in [0.25, 0.3) is 0 Å². The zero-order valence-electron chi connectivity index (χ0n) is 11.1. The normalized spacial score (nSPS) is 22.8. The monoisotopic (exact) mass is 284 g/mol. The minimum Gasteiger partial charge on any atom is -0.369 e. The van der Waals surface area contributed by atoms with E-state index < -0.39 is 0 Å². The fraction of sp³-hybridized carbons (Fsp3) is 0.615. The van der Waals surface area contributed by atoms with Crippen LogP contribution in [0.2, 0.25) is 0 Å². The van der Waals surface area contributed by atoms with Crippen LogP contribution >= 0.6 is 23.6 Å². The van der Waals surface area contributed by atoms with Gasteiger partial charge >= 0.3 is 0 Å². The van der Waals surface area contributed by atoms with Gasteiger partial charge in [0.1, 0.15) is 0 Å². The summed E-state index contributed by atoms with van der Waals surface area (Å²) in [7, 11) is 0. The molecular weight excluding hydrogens is 264 g/mol. The number of thiocarbonyl (C=S) groups is 1. The van der Waals surface area contributed by atoms with Crippen LogP contribution in [0, 0.1) is 0 Å². The highest BCUT2D eigenvalue weighted by Gasteiger charge is 2.32. The first kappa shape index (κ1) is 13.8. The van der Waals surface area contributed by atoms with Crippen LogP contribution in [0.1, 0.15) is 25.6 Å². The molecule has 0 aromatic carbocycles. The van der Waals surface area contributed by atoms with E-state index in [1.54, 1.807) is 11.3 Å². The lowest BCUT2D eigenvalue weighted by Gasteiger charge is -2.42. The lowest BCUT2D eigenvalue weighted by molar-refractivity contribution is -0.112. The molecule has 18 heavy (non-hydrogen) atoms. The molecule has 1 aliphatic rings. The van der Waals surface area contributed by atoms with E-state index in [4.69, 9.17) is 17.0 Å². The second-order valence-electron chi connectivity index (χ2n) is 5.31. The van der Waals surface area contributed by atoms with Gasteiger partial charge in [-0.25, -0.2) is 0 Å². The zero-order valence-corrected chi connectivity index (χ0v) is 12.7. The Labute approximate surface area is 118 Å². The maximum Gasteiger partial charge on any atom is 0.169 e. The first-order valence-corrected chi connectivity index (χ1v) is 7.48. The standard InChI is InChI=1S/C13H20N2OS2/c1-10-8-15(9-13(2,3)16-10)12(17)14-7-11-5-4-6-18-11/h4-6,10H,7-9H2,1-3H3,(H,14,17). The molecule has 1 aromatic heterocycles. The average Bonchev–Trinajstić information content (AvgIpc) is 2.75. The number of rotatable bonds is 2. The Morgan fingerprint density at radius 3 is 3.06 bits per heavy atom. The van der Waals surface area contributed by atoms with Crippen molar-refractivity contribution in [3.05, 3.63) is 22.4 Å². The molecule has 100 valence electrons. The van der Waals surface area contributed by atoms with Crippen LogP contribution < -0.4 is 5.32 Å². The molecule has 3 nitrogen and oxygen atoms in total. The average molecular weight is 284 g/mol. The summed E-state index contributed by atoms with van der Waals surface area (Å²) in [5.41, 5.74) is -0.133. The van der Waals surface area contributed by atoms with Gasteiger partial charge in [0.25, 0.3) is 0 Å². The molecule has 0 spiro atoms. The van der Waals surface area contributed by atoms with Crippen molar-refractivity contribution in [3.63, 3.8) is 0 Å². The molecule has 0 saturated carbocycles. The van der Waals surface area contributed by atoms with Crippen LogP contribution in [-0.2, 0) is 11.3 Å². The molecule has 0 amide bonds. The predicted octanol–water partition coefficient (Wildman–Crippen LogP) is 2.62. The summed E-state index contributed by atoms with van der Waals surface area (Å²) >= 11 is 7.21. The number of nitrogens with one attached hydrogen (secondary N) is 1. The summed E-state index contributed by atoms with van der Waals surface area (Å²) in [6.07, 6.45) is 0.218. The van der Waals surface area contributed by atoms with Gasteiger partial charge in [0, 0.05) is 18.0 Å². The van der Waals surface area contributed by atoms with Gasteiger partial charge in [-0.2, -0.15) is 0 Å². The fourth-order valence-corrected chi connectivity index (χ4v) is 3.15. The quantitative estimate of drug-likeness (QED) is 0.844. The summed E-state index contributed by atoms with van der Waals surface area (Å²) in [4.78, 5) is 3.51. The molecule has 1 N–H and O–H groups in total. The Balaban J connectivity index is 1.88. The first-order chi connectivity index (χ1) is 8.46. The Bertz CT molecular complexity index is 403. The molecule has 2 heterocycles. The van der Waals surface area contributed by atoms with E-state index in [1.807, 2.05) is 0 Å². The number of ether oxygens (including phenoxy) is 1. The minimum atomic E-state index is -0.133. The third kappa shape index (κ3) is 3.67. The van der Waals surface area contributed by atoms with Gasteiger partial charge in [-0.1, -0.05) is 6.07 Å². The number of hydrogen-bond acceptors (Lipinski definition) is 3. The van der Waals surface area contributed by atoms with Crippen molar-refractivity contribution in [1.82, 2.24) is 10.2 Å². The lowest BCUT2D eigenvalue weighted by atomic mass is 10.1. The van der Waals surface area contributed by atoms with Crippen molar-refractivity contribution in [1.29, 1.82) is 0 Å². The predicted molar refractivity (Wildman–Crippen MR) is 80.0 cm³/mol. The summed E-state index contributed by atoms with van der Waals surface area (Å²) in [5, 5.41) is 6.23. The van der Waals surface area contributed by atoms with E-state index in [0.29, 0.717) is 0 Å². The molecule has 1 aromatic rings. The van der Waals surface area contributed by atoms with E-state index >= 15 is 0 Å². The van der Waals surface area contributed by atoms with Crippen LogP contribution in [-0.4, -0.2) is 34.8 Å². The van der Waals surface area contributed by atoms with E-state index in [-0.39, 0.29) is 11.7 Å². The molecule has 1 fully saturated rings. The van der Waals surface area contributed by atoms with E-state index in [0.717, 1.165) is 24.7 Å². The highest BCUT2D eigenvalue weighted by atomic mass is 32.1. The van der Waals surface area contributed by atoms with Crippen molar-refractivity contribution in [3.8, 4) is 0 Å². The van der Waals surface area contributed by atoms with Crippen molar-refractivity contribution in [2.24, 2.45) is 0 Å². The molecule has 5 heteroatoms. The second-order valence-corrected chi connectivity index (χ2v) is 6.73. The minimum absolute atomic E-state index is 0.133. The van der Waals surface area contributed by atoms with Crippen LogP contribution in [0.15, 0.2) is 17.5 Å². The molecule has 1 atom stereocenters. The maximum atomic E-state index is 5.88. The molecule has 1 aliphatic heterocycles. The maximum absolute atomic E-state index is 5.88. The highest BCUT2D eigenvalue weighted by Crippen LogP contribution is 2.20. The molecular formula is C13H20N2OS2. The van der Waals surface area contributed by atoms with Crippen molar-refractivity contribution < 1.29 is 4.74 Å². The van der Waals surface area contributed by atoms with Gasteiger partial charge in [0.2, 0.25) is 0 Å². The fourth-order valence-electron chi connectivity index (χ4n) is 2.30. The van der Waals surface area contributed by atoms with Crippen molar-refractivity contribution in [2.75, 3.05) is 13.1 Å². The molecule has 1 unspecified atom stereocenters. The van der Waals surface area contributed by atoms with Crippen LogP contribution in [0.3, 0.4) is 0 Å². The second kappa shape index (κ2) is 5.55. The Morgan fingerprint density at radius 1 is 1.67 bits per heavy atom. The first-order valence-electron chi connectivity index (χ1n) is 6.19. The summed E-state index contributed by atoms with van der Waals surface area (Å²) in [6, 6.07) is 4.18. The molecule has 0 aliphatic carbocycles. The summed E-state index contributed by atoms with van der Waals surface area (Å²) in [6.45, 7) is 8.82. The number of morpholine rings is 1. The Morgan fingerprint density at radius 2 is 2.44 bits per heavy atom. The summed E-state index contributed by atoms with van der Waals surface area (Å²) < 4.78 is 5.88. The zero-order chi connectivity index (χ0) is 13.2. The van der Waals surface area contributed by atoms with Crippen molar-refractivity contribution >= 4 is 28.7 Å². The summed E-state index contributed by atoms with van der Waals surface area (Å²) in [5.74, 6) is 0. The number of hydrogen-bond donors (Lipinski definition) is 1. The largest absolute Gasteiger partial charge is 0.369 e. The van der Waals surface area contributed by atoms with Crippen LogP contribution in [0.4, 0.5) is 0 Å². The Hall–Kier alpha value is -0.650. The third-order valence-electron chi connectivity index (χ3n) is 2.85. The smallest absolute Gasteiger partial charge is 0.169 e. The Kier molecular flexibility index (Phi) is 4.25. The SMILES string of the molecule is CC1CN(C(=S)NCc2cccs2)CC(C)(C)O1. The van der Waals surface area contributed by atoms with Gasteiger partial charge < -0.3 is 15.0 Å². The van der Waals surface area contributed by atoms with E-state index in [1.165, 1.54) is 4.88 Å². The van der Waals surface area contributed by atoms with Gasteiger partial charge in [-0.15, -0.1) is 11.3 Å². The topological polar surface area (TPSA) is 24.5 Å². The van der Waals surface area contributed by atoms with Gasteiger partial charge in [-0.05, 0) is 44.4 Å². The van der Waals surface area contributed by atoms with Crippen LogP contribution in [0.5, 0.6) is 0 Å². The van der Waals surface area contributed by atoms with Crippen molar-refractivity contribution in [2.45, 2.75) is 39.0 Å². The molecule has 2 rings (SSSR count). The highest BCUT2D eigenvalue weighted by molar-refractivity contribution is 7.80. The van der Waals surface area contributed by atoms with Gasteiger partial charge in [0.05, 0.1) is 18.2 Å². The van der Waals surface area contributed by atoms with Gasteiger partial charge in [-0.3, -0.25) is 0 Å². The number of thiophene rings is 1.